The maximum atomic E-state index is 13.2. The van der Waals surface area contributed by atoms with Gasteiger partial charge in [-0.05, 0) is 49.9 Å². The summed E-state index contributed by atoms with van der Waals surface area (Å²) in [5.74, 6) is 0. The maximum Gasteiger partial charge on any atom is 0.417 e. The Kier molecular flexibility index (Phi) is 3.75. The molecule has 0 spiro atoms. The van der Waals surface area contributed by atoms with Crippen LogP contribution in [0.1, 0.15) is 37.8 Å². The van der Waals surface area contributed by atoms with Gasteiger partial charge in [0.05, 0.1) is 11.1 Å². The number of benzene rings is 1. The smallest absolute Gasteiger partial charge is 0.369 e. The van der Waals surface area contributed by atoms with Gasteiger partial charge in [0.25, 0.3) is 0 Å². The Morgan fingerprint density at radius 3 is 2.77 bits per heavy atom. The van der Waals surface area contributed by atoms with Crippen LogP contribution in [0.3, 0.4) is 0 Å². The van der Waals surface area contributed by atoms with Gasteiger partial charge >= 0.3 is 6.18 Å². The molecule has 22 heavy (non-hydrogen) atoms. The average molecular weight is 308 g/mol. The van der Waals surface area contributed by atoms with Gasteiger partial charge in [0, 0.05) is 29.9 Å². The summed E-state index contributed by atoms with van der Waals surface area (Å²) in [6.07, 6.45) is -0.221. The largest absolute Gasteiger partial charge is 0.417 e. The highest BCUT2D eigenvalue weighted by molar-refractivity contribution is 5.88. The standard InChI is InChI=1S/C17H19F3N2/c1-3-8-22-11(2)4-5-12-9-15-13(10-16(12)22)14(6-7-21-15)17(18,19)20/h6-7,9-11H,3-5,8H2,1-2H3. The van der Waals surface area contributed by atoms with Crippen LogP contribution in [0.5, 0.6) is 0 Å². The van der Waals surface area contributed by atoms with Crippen molar-refractivity contribution < 1.29 is 13.2 Å². The summed E-state index contributed by atoms with van der Waals surface area (Å²) in [7, 11) is 0. The molecule has 2 nitrogen and oxygen atoms in total. The fraction of sp³-hybridized carbons (Fsp3) is 0.471. The molecule has 1 unspecified atom stereocenters. The van der Waals surface area contributed by atoms with E-state index in [2.05, 4.69) is 23.7 Å². The summed E-state index contributed by atoms with van der Waals surface area (Å²) in [5, 5.41) is 0.198. The van der Waals surface area contributed by atoms with Crippen molar-refractivity contribution in [1.29, 1.82) is 0 Å². The second-order valence-corrected chi connectivity index (χ2v) is 5.94. The molecule has 0 saturated carbocycles. The topological polar surface area (TPSA) is 16.1 Å². The molecule has 0 bridgehead atoms. The van der Waals surface area contributed by atoms with Gasteiger partial charge in [-0.3, -0.25) is 4.98 Å². The third kappa shape index (κ3) is 2.53. The van der Waals surface area contributed by atoms with E-state index in [-0.39, 0.29) is 5.39 Å². The summed E-state index contributed by atoms with van der Waals surface area (Å²) >= 11 is 0. The first kappa shape index (κ1) is 15.1. The van der Waals surface area contributed by atoms with Crippen LogP contribution >= 0.6 is 0 Å². The molecule has 2 aromatic rings. The lowest BCUT2D eigenvalue weighted by molar-refractivity contribution is -0.136. The molecule has 0 radical (unpaired) electrons. The first-order chi connectivity index (χ1) is 10.4. The minimum Gasteiger partial charge on any atom is -0.369 e. The summed E-state index contributed by atoms with van der Waals surface area (Å²) in [4.78, 5) is 6.36. The van der Waals surface area contributed by atoms with Crippen molar-refractivity contribution in [3.63, 3.8) is 0 Å². The molecule has 0 saturated heterocycles. The molecule has 0 fully saturated rings. The van der Waals surface area contributed by atoms with Crippen molar-refractivity contribution in [3.05, 3.63) is 35.5 Å². The molecule has 1 aliphatic heterocycles. The molecule has 1 aromatic heterocycles. The quantitative estimate of drug-likeness (QED) is 0.792. The predicted octanol–water partition coefficient (Wildman–Crippen LogP) is 4.80. The first-order valence-corrected chi connectivity index (χ1v) is 7.67. The van der Waals surface area contributed by atoms with Crippen LogP contribution in [0.25, 0.3) is 10.9 Å². The highest BCUT2D eigenvalue weighted by Crippen LogP contribution is 2.39. The van der Waals surface area contributed by atoms with Crippen molar-refractivity contribution in [2.24, 2.45) is 0 Å². The Labute approximate surface area is 128 Å². The molecule has 0 N–H and O–H groups in total. The molecule has 2 heterocycles. The number of aryl methyl sites for hydroxylation is 1. The van der Waals surface area contributed by atoms with E-state index in [4.69, 9.17) is 0 Å². The number of fused-ring (bicyclic) bond motifs is 2. The van der Waals surface area contributed by atoms with E-state index in [1.165, 1.54) is 6.20 Å². The van der Waals surface area contributed by atoms with Gasteiger partial charge < -0.3 is 4.90 Å². The van der Waals surface area contributed by atoms with Gasteiger partial charge in [-0.2, -0.15) is 13.2 Å². The highest BCUT2D eigenvalue weighted by atomic mass is 19.4. The summed E-state index contributed by atoms with van der Waals surface area (Å²) < 4.78 is 39.7. The van der Waals surface area contributed by atoms with Crippen LogP contribution in [0.2, 0.25) is 0 Å². The van der Waals surface area contributed by atoms with Crippen molar-refractivity contribution in [1.82, 2.24) is 4.98 Å². The number of anilines is 1. The number of nitrogens with zero attached hydrogens (tertiary/aromatic N) is 2. The predicted molar refractivity (Wildman–Crippen MR) is 82.2 cm³/mol. The Hall–Kier alpha value is -1.78. The third-order valence-electron chi connectivity index (χ3n) is 4.38. The number of hydrogen-bond donors (Lipinski definition) is 0. The number of halogens is 3. The average Bonchev–Trinajstić information content (AvgIpc) is 2.47. The minimum atomic E-state index is -4.36. The van der Waals surface area contributed by atoms with Gasteiger partial charge in [0.2, 0.25) is 0 Å². The van der Waals surface area contributed by atoms with E-state index >= 15 is 0 Å². The molecule has 1 atom stereocenters. The van der Waals surface area contributed by atoms with Gasteiger partial charge in [0.15, 0.2) is 0 Å². The molecule has 0 aliphatic carbocycles. The van der Waals surface area contributed by atoms with Crippen LogP contribution in [0.4, 0.5) is 18.9 Å². The van der Waals surface area contributed by atoms with E-state index in [1.54, 1.807) is 6.07 Å². The zero-order chi connectivity index (χ0) is 15.9. The number of aromatic nitrogens is 1. The maximum absolute atomic E-state index is 13.2. The molecular formula is C17H19F3N2. The van der Waals surface area contributed by atoms with Crippen molar-refractivity contribution in [2.75, 3.05) is 11.4 Å². The SMILES string of the molecule is CCCN1c2cc3c(C(F)(F)F)ccnc3cc2CCC1C. The summed E-state index contributed by atoms with van der Waals surface area (Å²) in [6.45, 7) is 5.09. The van der Waals surface area contributed by atoms with E-state index in [0.29, 0.717) is 11.6 Å². The zero-order valence-electron chi connectivity index (χ0n) is 12.7. The molecule has 1 aromatic carbocycles. The normalized spacial score (nSPS) is 18.6. The van der Waals surface area contributed by atoms with Gasteiger partial charge in [0.1, 0.15) is 0 Å². The minimum absolute atomic E-state index is 0.198. The van der Waals surface area contributed by atoms with Crippen molar-refractivity contribution >= 4 is 16.6 Å². The molecule has 5 heteroatoms. The highest BCUT2D eigenvalue weighted by Gasteiger charge is 2.33. The number of rotatable bonds is 2. The van der Waals surface area contributed by atoms with E-state index in [1.807, 2.05) is 6.07 Å². The van der Waals surface area contributed by atoms with Crippen LogP contribution in [0.15, 0.2) is 24.4 Å². The molecule has 3 rings (SSSR count). The Balaban J connectivity index is 2.22. The molecule has 1 aliphatic rings. The molecular weight excluding hydrogens is 289 g/mol. The number of hydrogen-bond acceptors (Lipinski definition) is 2. The summed E-state index contributed by atoms with van der Waals surface area (Å²) in [6, 6.07) is 4.93. The Bertz CT molecular complexity index is 694. The van der Waals surface area contributed by atoms with Crippen LogP contribution < -0.4 is 4.90 Å². The van der Waals surface area contributed by atoms with E-state index in [9.17, 15) is 13.2 Å². The molecule has 0 amide bonds. The van der Waals surface area contributed by atoms with Crippen molar-refractivity contribution in [3.8, 4) is 0 Å². The van der Waals surface area contributed by atoms with Gasteiger partial charge in [-0.15, -0.1) is 0 Å². The Morgan fingerprint density at radius 2 is 2.09 bits per heavy atom. The van der Waals surface area contributed by atoms with Crippen LogP contribution in [-0.4, -0.2) is 17.6 Å². The van der Waals surface area contributed by atoms with E-state index < -0.39 is 11.7 Å². The lowest BCUT2D eigenvalue weighted by atomic mass is 9.94. The van der Waals surface area contributed by atoms with E-state index in [0.717, 1.165) is 43.1 Å². The molecule has 118 valence electrons. The zero-order valence-corrected chi connectivity index (χ0v) is 12.7. The Morgan fingerprint density at radius 1 is 1.32 bits per heavy atom. The second kappa shape index (κ2) is 5.45. The van der Waals surface area contributed by atoms with Crippen LogP contribution in [-0.2, 0) is 12.6 Å². The van der Waals surface area contributed by atoms with Crippen LogP contribution in [0, 0.1) is 0 Å². The first-order valence-electron chi connectivity index (χ1n) is 7.67. The van der Waals surface area contributed by atoms with Gasteiger partial charge in [-0.1, -0.05) is 6.92 Å². The van der Waals surface area contributed by atoms with Gasteiger partial charge in [-0.25, -0.2) is 0 Å². The second-order valence-electron chi connectivity index (χ2n) is 5.94. The lowest BCUT2D eigenvalue weighted by Gasteiger charge is -2.37. The lowest BCUT2D eigenvalue weighted by Crippen LogP contribution is -2.37. The third-order valence-corrected chi connectivity index (χ3v) is 4.38. The number of pyridine rings is 1. The monoisotopic (exact) mass is 308 g/mol. The summed E-state index contributed by atoms with van der Waals surface area (Å²) in [5.41, 5.74) is 1.87. The van der Waals surface area contributed by atoms with Crippen molar-refractivity contribution in [2.45, 2.75) is 45.3 Å². The fourth-order valence-electron chi connectivity index (χ4n) is 3.28. The fourth-order valence-corrected chi connectivity index (χ4v) is 3.28. The number of alkyl halides is 3.